The molecule has 6 nitrogen and oxygen atoms in total. The first-order chi connectivity index (χ1) is 12.2. The van der Waals surface area contributed by atoms with Crippen molar-refractivity contribution >= 4 is 22.4 Å². The lowest BCUT2D eigenvalue weighted by Crippen LogP contribution is -2.50. The van der Waals surface area contributed by atoms with Gasteiger partial charge in [0.25, 0.3) is 0 Å². The number of piperazine rings is 1. The van der Waals surface area contributed by atoms with Gasteiger partial charge in [0, 0.05) is 57.1 Å². The molecule has 2 aliphatic heterocycles. The zero-order valence-electron chi connectivity index (χ0n) is 15.4. The molecule has 0 saturated carbocycles. The highest BCUT2D eigenvalue weighted by Gasteiger charge is 2.26. The van der Waals surface area contributed by atoms with Crippen LogP contribution in [0.4, 0.5) is 5.13 Å². The van der Waals surface area contributed by atoms with E-state index in [9.17, 15) is 4.79 Å². The third kappa shape index (κ3) is 4.71. The van der Waals surface area contributed by atoms with Crippen molar-refractivity contribution in [2.24, 2.45) is 5.92 Å². The van der Waals surface area contributed by atoms with Gasteiger partial charge in [-0.2, -0.15) is 0 Å². The Labute approximate surface area is 154 Å². The van der Waals surface area contributed by atoms with Gasteiger partial charge in [-0.15, -0.1) is 11.3 Å². The predicted molar refractivity (Wildman–Crippen MR) is 101 cm³/mol. The average molecular weight is 367 g/mol. The van der Waals surface area contributed by atoms with Gasteiger partial charge in [0.1, 0.15) is 0 Å². The summed E-state index contributed by atoms with van der Waals surface area (Å²) in [5.74, 6) is 0.517. The molecule has 140 valence electrons. The summed E-state index contributed by atoms with van der Waals surface area (Å²) in [6.45, 7) is 12.1. The number of thiazole rings is 1. The Morgan fingerprint density at radius 3 is 2.48 bits per heavy atom. The fourth-order valence-corrected chi connectivity index (χ4v) is 4.39. The molecule has 0 spiro atoms. The van der Waals surface area contributed by atoms with Crippen LogP contribution in [0.25, 0.3) is 0 Å². The topological polar surface area (TPSA) is 48.9 Å². The number of nitrogens with zero attached hydrogens (tertiary/aromatic N) is 4. The lowest BCUT2D eigenvalue weighted by Gasteiger charge is -2.36. The number of hydrogen-bond acceptors (Lipinski definition) is 6. The first kappa shape index (κ1) is 18.6. The molecule has 1 amide bonds. The summed E-state index contributed by atoms with van der Waals surface area (Å²) in [5, 5.41) is 3.27. The minimum atomic E-state index is 0.187. The van der Waals surface area contributed by atoms with E-state index in [0.717, 1.165) is 82.7 Å². The van der Waals surface area contributed by atoms with E-state index in [1.807, 2.05) is 4.90 Å². The van der Waals surface area contributed by atoms with E-state index in [2.05, 4.69) is 29.0 Å². The number of aromatic nitrogens is 1. The van der Waals surface area contributed by atoms with Gasteiger partial charge in [-0.3, -0.25) is 9.69 Å². The van der Waals surface area contributed by atoms with Crippen LogP contribution < -0.4 is 4.90 Å². The minimum absolute atomic E-state index is 0.187. The Bertz CT molecular complexity index is 547. The fourth-order valence-electron chi connectivity index (χ4n) is 3.52. The minimum Gasteiger partial charge on any atom is -0.379 e. The molecule has 0 aliphatic carbocycles. The number of carbonyl (C=O) groups is 1. The SMILES string of the molecule is CCC(CC)C(=O)N1CCN(c2nc(CN3CCOCC3)cs2)CC1. The molecule has 0 aromatic carbocycles. The van der Waals surface area contributed by atoms with Crippen LogP contribution in [0.3, 0.4) is 0 Å². The van der Waals surface area contributed by atoms with Crippen LogP contribution >= 0.6 is 11.3 Å². The highest BCUT2D eigenvalue weighted by molar-refractivity contribution is 7.13. The lowest BCUT2D eigenvalue weighted by molar-refractivity contribution is -0.136. The monoisotopic (exact) mass is 366 g/mol. The van der Waals surface area contributed by atoms with Crippen LogP contribution in [0, 0.1) is 5.92 Å². The van der Waals surface area contributed by atoms with Crippen molar-refractivity contribution in [1.82, 2.24) is 14.8 Å². The van der Waals surface area contributed by atoms with Crippen LogP contribution in [0.5, 0.6) is 0 Å². The summed E-state index contributed by atoms with van der Waals surface area (Å²) >= 11 is 1.72. The molecule has 2 saturated heterocycles. The van der Waals surface area contributed by atoms with Crippen molar-refractivity contribution in [2.45, 2.75) is 33.2 Å². The van der Waals surface area contributed by atoms with Gasteiger partial charge in [-0.1, -0.05) is 13.8 Å². The van der Waals surface area contributed by atoms with Gasteiger partial charge in [0.05, 0.1) is 18.9 Å². The molecule has 0 unspecified atom stereocenters. The molecule has 3 rings (SSSR count). The first-order valence-electron chi connectivity index (χ1n) is 9.49. The highest BCUT2D eigenvalue weighted by atomic mass is 32.1. The fraction of sp³-hybridized carbons (Fsp3) is 0.778. The lowest BCUT2D eigenvalue weighted by atomic mass is 10.0. The number of carbonyl (C=O) groups excluding carboxylic acids is 1. The van der Waals surface area contributed by atoms with E-state index in [0.29, 0.717) is 5.91 Å². The Hall–Kier alpha value is -1.18. The molecule has 1 aromatic heterocycles. The number of anilines is 1. The van der Waals surface area contributed by atoms with Crippen LogP contribution in [-0.4, -0.2) is 73.2 Å². The Morgan fingerprint density at radius 2 is 1.84 bits per heavy atom. The van der Waals surface area contributed by atoms with Gasteiger partial charge in [-0.25, -0.2) is 4.98 Å². The molecule has 0 bridgehead atoms. The number of rotatable bonds is 6. The quantitative estimate of drug-likeness (QED) is 0.771. The molecule has 25 heavy (non-hydrogen) atoms. The number of hydrogen-bond donors (Lipinski definition) is 0. The molecular formula is C18H30N4O2S. The van der Waals surface area contributed by atoms with Crippen LogP contribution in [0.15, 0.2) is 5.38 Å². The Balaban J connectivity index is 1.50. The summed E-state index contributed by atoms with van der Waals surface area (Å²) in [4.78, 5) is 24.1. The van der Waals surface area contributed by atoms with Crippen LogP contribution in [0.1, 0.15) is 32.4 Å². The third-order valence-corrected chi connectivity index (χ3v) is 6.18. The van der Waals surface area contributed by atoms with E-state index < -0.39 is 0 Å². The molecule has 3 heterocycles. The van der Waals surface area contributed by atoms with E-state index in [4.69, 9.17) is 9.72 Å². The van der Waals surface area contributed by atoms with Crippen molar-refractivity contribution in [1.29, 1.82) is 0 Å². The van der Waals surface area contributed by atoms with E-state index >= 15 is 0 Å². The molecule has 7 heteroatoms. The Morgan fingerprint density at radius 1 is 1.16 bits per heavy atom. The summed E-state index contributed by atoms with van der Waals surface area (Å²) < 4.78 is 5.40. The molecule has 2 fully saturated rings. The van der Waals surface area contributed by atoms with Gasteiger partial charge >= 0.3 is 0 Å². The van der Waals surface area contributed by atoms with Gasteiger partial charge in [0.2, 0.25) is 5.91 Å². The number of amides is 1. The number of morpholine rings is 1. The van der Waals surface area contributed by atoms with Gasteiger partial charge in [-0.05, 0) is 12.8 Å². The van der Waals surface area contributed by atoms with Gasteiger partial charge < -0.3 is 14.5 Å². The molecule has 1 aromatic rings. The maximum Gasteiger partial charge on any atom is 0.225 e. The zero-order chi connectivity index (χ0) is 17.6. The second-order valence-corrected chi connectivity index (χ2v) is 7.67. The molecule has 2 aliphatic rings. The third-order valence-electron chi connectivity index (χ3n) is 5.23. The maximum absolute atomic E-state index is 12.5. The normalized spacial score (nSPS) is 19.6. The molecule has 0 radical (unpaired) electrons. The highest BCUT2D eigenvalue weighted by Crippen LogP contribution is 2.23. The van der Waals surface area contributed by atoms with E-state index in [1.54, 1.807) is 11.3 Å². The van der Waals surface area contributed by atoms with Crippen molar-refractivity contribution in [3.8, 4) is 0 Å². The summed E-state index contributed by atoms with van der Waals surface area (Å²) in [7, 11) is 0. The molecular weight excluding hydrogens is 336 g/mol. The molecule has 0 atom stereocenters. The molecule has 0 N–H and O–H groups in total. The van der Waals surface area contributed by atoms with E-state index in [1.165, 1.54) is 0 Å². The average Bonchev–Trinajstić information content (AvgIpc) is 3.12. The first-order valence-corrected chi connectivity index (χ1v) is 10.4. The Kier molecular flexibility index (Phi) is 6.67. The van der Waals surface area contributed by atoms with Crippen molar-refractivity contribution in [3.05, 3.63) is 11.1 Å². The van der Waals surface area contributed by atoms with Crippen LogP contribution in [0.2, 0.25) is 0 Å². The summed E-state index contributed by atoms with van der Waals surface area (Å²) in [6, 6.07) is 0. The number of ether oxygens (including phenoxy) is 1. The van der Waals surface area contributed by atoms with Crippen molar-refractivity contribution in [2.75, 3.05) is 57.4 Å². The zero-order valence-corrected chi connectivity index (χ0v) is 16.3. The predicted octanol–water partition coefficient (Wildman–Crippen LogP) is 2.06. The second kappa shape index (κ2) is 8.96. The standard InChI is InChI=1S/C18H30N4O2S/c1-3-15(4-2)17(23)21-5-7-22(8-6-21)18-19-16(14-25-18)13-20-9-11-24-12-10-20/h14-15H,3-13H2,1-2H3. The van der Waals surface area contributed by atoms with Crippen molar-refractivity contribution < 1.29 is 9.53 Å². The second-order valence-electron chi connectivity index (χ2n) is 6.84. The maximum atomic E-state index is 12.5. The largest absolute Gasteiger partial charge is 0.379 e. The summed E-state index contributed by atoms with van der Waals surface area (Å²) in [6.07, 6.45) is 1.87. The van der Waals surface area contributed by atoms with Crippen LogP contribution in [-0.2, 0) is 16.1 Å². The van der Waals surface area contributed by atoms with Crippen molar-refractivity contribution in [3.63, 3.8) is 0 Å². The summed E-state index contributed by atoms with van der Waals surface area (Å²) in [5.41, 5.74) is 1.15. The van der Waals surface area contributed by atoms with E-state index in [-0.39, 0.29) is 5.92 Å². The van der Waals surface area contributed by atoms with Gasteiger partial charge in [0.15, 0.2) is 5.13 Å². The smallest absolute Gasteiger partial charge is 0.225 e.